The first-order chi connectivity index (χ1) is 15.1. The highest BCUT2D eigenvalue weighted by Gasteiger charge is 2.13. The molecule has 0 radical (unpaired) electrons. The summed E-state index contributed by atoms with van der Waals surface area (Å²) in [7, 11) is 0. The van der Waals surface area contributed by atoms with Crippen LogP contribution in [0.25, 0.3) is 0 Å². The van der Waals surface area contributed by atoms with E-state index in [4.69, 9.17) is 14.9 Å². The number of unbranched alkanes of at least 4 members (excludes halogenated alkanes) is 11. The minimum Gasteiger partial charge on any atom is -0.436 e. The van der Waals surface area contributed by atoms with Crippen LogP contribution in [0.3, 0.4) is 0 Å². The number of aliphatic hydroxyl groups excluding tert-OH is 3. The Morgan fingerprint density at radius 3 is 1.87 bits per heavy atom. The molecule has 0 aromatic heterocycles. The van der Waals surface area contributed by atoms with E-state index in [0.29, 0.717) is 26.1 Å². The number of nitrogens with zero attached hydrogens (tertiary/aromatic N) is 1. The fourth-order valence-corrected chi connectivity index (χ4v) is 3.52. The van der Waals surface area contributed by atoms with Crippen LogP contribution >= 0.6 is 0 Å². The highest BCUT2D eigenvalue weighted by molar-refractivity contribution is 5.69. The fourth-order valence-electron chi connectivity index (χ4n) is 3.52. The summed E-state index contributed by atoms with van der Waals surface area (Å²) >= 11 is 0. The van der Waals surface area contributed by atoms with Gasteiger partial charge in [-0.2, -0.15) is 0 Å². The SMILES string of the molecule is CCCCCCCC/C=C\CCCCCCCC(=O)OC(O)CCN(CCO)CCO. The van der Waals surface area contributed by atoms with E-state index >= 15 is 0 Å². The molecule has 0 rings (SSSR count). The third-order valence-corrected chi connectivity index (χ3v) is 5.43. The van der Waals surface area contributed by atoms with E-state index < -0.39 is 6.29 Å². The molecule has 3 N–H and O–H groups in total. The van der Waals surface area contributed by atoms with Crippen molar-refractivity contribution in [1.29, 1.82) is 0 Å². The number of ether oxygens (including phenoxy) is 1. The highest BCUT2D eigenvalue weighted by atomic mass is 16.6. The molecular formula is C25H49NO5. The molecule has 1 atom stereocenters. The van der Waals surface area contributed by atoms with Gasteiger partial charge in [0.2, 0.25) is 6.29 Å². The normalized spacial score (nSPS) is 12.7. The number of hydrogen-bond donors (Lipinski definition) is 3. The number of aliphatic hydroxyl groups is 3. The van der Waals surface area contributed by atoms with Gasteiger partial charge in [0.1, 0.15) is 0 Å². The maximum absolute atomic E-state index is 11.8. The monoisotopic (exact) mass is 443 g/mol. The van der Waals surface area contributed by atoms with E-state index in [1.165, 1.54) is 57.8 Å². The van der Waals surface area contributed by atoms with E-state index in [0.717, 1.165) is 25.7 Å². The molecule has 0 saturated heterocycles. The van der Waals surface area contributed by atoms with E-state index in [1.54, 1.807) is 0 Å². The molecule has 0 amide bonds. The van der Waals surface area contributed by atoms with E-state index in [1.807, 2.05) is 4.90 Å². The molecule has 0 aromatic rings. The average Bonchev–Trinajstić information content (AvgIpc) is 2.75. The number of rotatable bonds is 23. The van der Waals surface area contributed by atoms with Gasteiger partial charge in [-0.05, 0) is 32.1 Å². The van der Waals surface area contributed by atoms with Gasteiger partial charge < -0.3 is 20.1 Å². The molecule has 6 nitrogen and oxygen atoms in total. The van der Waals surface area contributed by atoms with E-state index in [2.05, 4.69) is 19.1 Å². The zero-order valence-corrected chi connectivity index (χ0v) is 20.0. The van der Waals surface area contributed by atoms with E-state index in [-0.39, 0.29) is 25.6 Å². The van der Waals surface area contributed by atoms with Crippen LogP contribution < -0.4 is 0 Å². The Kier molecular flexibility index (Phi) is 23.0. The van der Waals surface area contributed by atoms with Gasteiger partial charge >= 0.3 is 5.97 Å². The van der Waals surface area contributed by atoms with E-state index in [9.17, 15) is 9.90 Å². The third kappa shape index (κ3) is 22.0. The maximum Gasteiger partial charge on any atom is 0.308 e. The smallest absolute Gasteiger partial charge is 0.308 e. The molecular weight excluding hydrogens is 394 g/mol. The summed E-state index contributed by atoms with van der Waals surface area (Å²) in [6, 6.07) is 0. The molecule has 184 valence electrons. The molecule has 0 heterocycles. The topological polar surface area (TPSA) is 90.2 Å². The van der Waals surface area contributed by atoms with Crippen molar-refractivity contribution in [3.05, 3.63) is 12.2 Å². The minimum absolute atomic E-state index is 0.00857. The summed E-state index contributed by atoms with van der Waals surface area (Å²) in [5.74, 6) is -0.360. The molecule has 0 saturated carbocycles. The Morgan fingerprint density at radius 1 is 0.806 bits per heavy atom. The summed E-state index contributed by atoms with van der Waals surface area (Å²) in [5, 5.41) is 27.8. The van der Waals surface area contributed by atoms with Crippen LogP contribution in [0.2, 0.25) is 0 Å². The Balaban J connectivity index is 3.50. The lowest BCUT2D eigenvalue weighted by Crippen LogP contribution is -2.33. The van der Waals surface area contributed by atoms with Gasteiger partial charge in [0.05, 0.1) is 13.2 Å². The fraction of sp³-hybridized carbons (Fsp3) is 0.880. The maximum atomic E-state index is 11.8. The second-order valence-corrected chi connectivity index (χ2v) is 8.36. The van der Waals surface area contributed by atoms with Crippen molar-refractivity contribution in [3.63, 3.8) is 0 Å². The van der Waals surface area contributed by atoms with Crippen LogP contribution in [-0.2, 0) is 9.53 Å². The van der Waals surface area contributed by atoms with Crippen LogP contribution in [0.1, 0.15) is 103 Å². The van der Waals surface area contributed by atoms with Crippen molar-refractivity contribution in [3.8, 4) is 0 Å². The molecule has 0 aliphatic carbocycles. The number of carbonyl (C=O) groups is 1. The second-order valence-electron chi connectivity index (χ2n) is 8.36. The molecule has 6 heteroatoms. The second kappa shape index (κ2) is 23.7. The van der Waals surface area contributed by atoms with Crippen LogP contribution in [0.4, 0.5) is 0 Å². The van der Waals surface area contributed by atoms with Crippen molar-refractivity contribution < 1.29 is 24.9 Å². The zero-order valence-electron chi connectivity index (χ0n) is 20.0. The van der Waals surface area contributed by atoms with Crippen LogP contribution in [0.15, 0.2) is 12.2 Å². The Labute approximate surface area is 190 Å². The standard InChI is InChI=1S/C25H49NO5/c1-2-3-4-5-6-7-8-9-10-11-12-13-14-15-16-17-24(29)31-25(30)18-19-26(20-22-27)21-23-28/h9-10,25,27-28,30H,2-8,11-23H2,1H3/b10-9-. The third-order valence-electron chi connectivity index (χ3n) is 5.43. The Hall–Kier alpha value is -0.950. The molecule has 0 aromatic carbocycles. The Bertz CT molecular complexity index is 411. The molecule has 0 spiro atoms. The van der Waals surface area contributed by atoms with Crippen molar-refractivity contribution in [2.24, 2.45) is 0 Å². The van der Waals surface area contributed by atoms with Crippen LogP contribution in [0, 0.1) is 0 Å². The first-order valence-electron chi connectivity index (χ1n) is 12.6. The lowest BCUT2D eigenvalue weighted by atomic mass is 10.1. The zero-order chi connectivity index (χ0) is 23.0. The van der Waals surface area contributed by atoms with Gasteiger partial charge in [-0.1, -0.05) is 70.4 Å². The summed E-state index contributed by atoms with van der Waals surface area (Å²) in [4.78, 5) is 13.6. The number of carbonyl (C=O) groups excluding carboxylic acids is 1. The van der Waals surface area contributed by atoms with Gasteiger partial charge in [0.15, 0.2) is 0 Å². The molecule has 0 aliphatic rings. The molecule has 0 fully saturated rings. The first-order valence-corrected chi connectivity index (χ1v) is 12.6. The predicted molar refractivity (Wildman–Crippen MR) is 127 cm³/mol. The lowest BCUT2D eigenvalue weighted by Gasteiger charge is -2.21. The van der Waals surface area contributed by atoms with Crippen molar-refractivity contribution in [2.45, 2.75) is 110 Å². The average molecular weight is 444 g/mol. The molecule has 0 aliphatic heterocycles. The number of allylic oxidation sites excluding steroid dienone is 2. The van der Waals surface area contributed by atoms with Gasteiger partial charge in [0.25, 0.3) is 0 Å². The van der Waals surface area contributed by atoms with Crippen LogP contribution in [0.5, 0.6) is 0 Å². The summed E-state index contributed by atoms with van der Waals surface area (Å²) < 4.78 is 5.03. The Morgan fingerprint density at radius 2 is 1.32 bits per heavy atom. The minimum atomic E-state index is -1.13. The van der Waals surface area contributed by atoms with Crippen molar-refractivity contribution in [2.75, 3.05) is 32.8 Å². The summed E-state index contributed by atoms with van der Waals surface area (Å²) in [5.41, 5.74) is 0. The number of hydrogen-bond acceptors (Lipinski definition) is 6. The molecule has 0 bridgehead atoms. The lowest BCUT2D eigenvalue weighted by molar-refractivity contribution is -0.169. The van der Waals surface area contributed by atoms with Gasteiger partial charge in [-0.25, -0.2) is 0 Å². The van der Waals surface area contributed by atoms with Gasteiger partial charge in [0, 0.05) is 32.5 Å². The number of esters is 1. The largest absolute Gasteiger partial charge is 0.436 e. The molecule has 1 unspecified atom stereocenters. The van der Waals surface area contributed by atoms with Crippen molar-refractivity contribution >= 4 is 5.97 Å². The predicted octanol–water partition coefficient (Wildman–Crippen LogP) is 4.56. The summed E-state index contributed by atoms with van der Waals surface area (Å²) in [6.07, 6.45) is 19.9. The first kappa shape index (κ1) is 30.0. The van der Waals surface area contributed by atoms with Crippen molar-refractivity contribution in [1.82, 2.24) is 4.90 Å². The summed E-state index contributed by atoms with van der Waals surface area (Å²) in [6.45, 7) is 3.55. The highest BCUT2D eigenvalue weighted by Crippen LogP contribution is 2.11. The van der Waals surface area contributed by atoms with Crippen LogP contribution in [-0.4, -0.2) is 65.3 Å². The quantitative estimate of drug-likeness (QED) is 0.0928. The van der Waals surface area contributed by atoms with Gasteiger partial charge in [-0.15, -0.1) is 0 Å². The van der Waals surface area contributed by atoms with Gasteiger partial charge in [-0.3, -0.25) is 9.69 Å². The molecule has 31 heavy (non-hydrogen) atoms.